The quantitative estimate of drug-likeness (QED) is 0.812. The van der Waals surface area contributed by atoms with Crippen LogP contribution in [-0.4, -0.2) is 42.1 Å². The normalized spacial score (nSPS) is 19.2. The molecular weight excluding hydrogens is 286 g/mol. The highest BCUT2D eigenvalue weighted by Crippen LogP contribution is 2.19. The van der Waals surface area contributed by atoms with Gasteiger partial charge in [-0.2, -0.15) is 0 Å². The van der Waals surface area contributed by atoms with Crippen LogP contribution < -0.4 is 11.1 Å². The van der Waals surface area contributed by atoms with Crippen molar-refractivity contribution in [1.29, 1.82) is 0 Å². The molecule has 114 valence electrons. The van der Waals surface area contributed by atoms with E-state index in [9.17, 15) is 9.59 Å². The standard InChI is InChI=1S/C15H21N3O2S/c1-21-12-7-5-11(6-8-12)17-14(19)10-18-9-3-2-4-13(18)15(16)20/h5-8,13H,2-4,9-10H2,1H3,(H2,16,20)(H,17,19)/t13-/m1/s1. The summed E-state index contributed by atoms with van der Waals surface area (Å²) in [5.74, 6) is -0.452. The highest BCUT2D eigenvalue weighted by Gasteiger charge is 2.28. The maximum Gasteiger partial charge on any atom is 0.238 e. The molecule has 3 N–H and O–H groups in total. The van der Waals surface area contributed by atoms with Crippen LogP contribution in [0, 0.1) is 0 Å². The minimum Gasteiger partial charge on any atom is -0.368 e. The smallest absolute Gasteiger partial charge is 0.238 e. The minimum absolute atomic E-state index is 0.111. The highest BCUT2D eigenvalue weighted by atomic mass is 32.2. The van der Waals surface area contributed by atoms with Gasteiger partial charge in [-0.3, -0.25) is 14.5 Å². The molecule has 21 heavy (non-hydrogen) atoms. The Hall–Kier alpha value is -1.53. The second-order valence-corrected chi connectivity index (χ2v) is 6.04. The van der Waals surface area contributed by atoms with E-state index in [0.717, 1.165) is 36.4 Å². The second-order valence-electron chi connectivity index (χ2n) is 5.16. The average Bonchev–Trinajstić information content (AvgIpc) is 2.48. The largest absolute Gasteiger partial charge is 0.368 e. The highest BCUT2D eigenvalue weighted by molar-refractivity contribution is 7.98. The third-order valence-corrected chi connectivity index (χ3v) is 4.41. The average molecular weight is 307 g/mol. The van der Waals surface area contributed by atoms with Crippen LogP contribution >= 0.6 is 11.8 Å². The molecule has 6 heteroatoms. The Kier molecular flexibility index (Phi) is 5.64. The molecule has 0 radical (unpaired) electrons. The van der Waals surface area contributed by atoms with Gasteiger partial charge in [-0.1, -0.05) is 6.42 Å². The number of likely N-dealkylation sites (tertiary alicyclic amines) is 1. The number of thioether (sulfide) groups is 1. The first kappa shape index (κ1) is 15.9. The van der Waals surface area contributed by atoms with E-state index in [1.165, 1.54) is 0 Å². The molecule has 1 saturated heterocycles. The summed E-state index contributed by atoms with van der Waals surface area (Å²) in [6.07, 6.45) is 4.74. The van der Waals surface area contributed by atoms with Crippen molar-refractivity contribution in [2.75, 3.05) is 24.7 Å². The van der Waals surface area contributed by atoms with Crippen molar-refractivity contribution in [3.63, 3.8) is 0 Å². The number of carbonyl (C=O) groups is 2. The van der Waals surface area contributed by atoms with Gasteiger partial charge < -0.3 is 11.1 Å². The number of piperidine rings is 1. The zero-order valence-corrected chi connectivity index (χ0v) is 13.0. The van der Waals surface area contributed by atoms with Gasteiger partial charge in [0, 0.05) is 10.6 Å². The van der Waals surface area contributed by atoms with Gasteiger partial charge in [0.2, 0.25) is 11.8 Å². The Morgan fingerprint density at radius 2 is 2.05 bits per heavy atom. The number of benzene rings is 1. The number of rotatable bonds is 5. The fourth-order valence-corrected chi connectivity index (χ4v) is 2.97. The Labute approximate surface area is 129 Å². The van der Waals surface area contributed by atoms with Crippen LogP contribution in [0.1, 0.15) is 19.3 Å². The number of amides is 2. The number of carbonyl (C=O) groups excluding carboxylic acids is 2. The van der Waals surface area contributed by atoms with Crippen LogP contribution in [0.25, 0.3) is 0 Å². The van der Waals surface area contributed by atoms with E-state index in [0.29, 0.717) is 0 Å². The lowest BCUT2D eigenvalue weighted by Gasteiger charge is -2.32. The molecule has 0 aromatic heterocycles. The molecule has 2 amide bonds. The maximum atomic E-state index is 12.1. The van der Waals surface area contributed by atoms with Crippen molar-refractivity contribution in [1.82, 2.24) is 4.90 Å². The molecule has 0 saturated carbocycles. The lowest BCUT2D eigenvalue weighted by molar-refractivity contribution is -0.126. The number of hydrogen-bond acceptors (Lipinski definition) is 4. The molecule has 0 unspecified atom stereocenters. The second kappa shape index (κ2) is 7.47. The van der Waals surface area contributed by atoms with E-state index in [4.69, 9.17) is 5.73 Å². The van der Waals surface area contributed by atoms with E-state index >= 15 is 0 Å². The molecule has 0 bridgehead atoms. The molecule has 1 atom stereocenters. The van der Waals surface area contributed by atoms with Gasteiger partial charge in [0.1, 0.15) is 0 Å². The minimum atomic E-state index is -0.341. The first-order chi connectivity index (χ1) is 10.1. The molecule has 5 nitrogen and oxygen atoms in total. The van der Waals surface area contributed by atoms with Gasteiger partial charge in [0.05, 0.1) is 12.6 Å². The third-order valence-electron chi connectivity index (χ3n) is 3.66. The van der Waals surface area contributed by atoms with Crippen LogP contribution in [0.2, 0.25) is 0 Å². The van der Waals surface area contributed by atoms with E-state index in [2.05, 4.69) is 5.32 Å². The molecule has 1 aromatic carbocycles. The predicted octanol–water partition coefficient (Wildman–Crippen LogP) is 1.69. The predicted molar refractivity (Wildman–Crippen MR) is 85.3 cm³/mol. The maximum absolute atomic E-state index is 12.1. The van der Waals surface area contributed by atoms with E-state index < -0.39 is 0 Å². The monoisotopic (exact) mass is 307 g/mol. The SMILES string of the molecule is CSc1ccc(NC(=O)CN2CCCC[C@@H]2C(N)=O)cc1. The molecule has 1 fully saturated rings. The first-order valence-corrected chi connectivity index (χ1v) is 8.30. The summed E-state index contributed by atoms with van der Waals surface area (Å²) in [7, 11) is 0. The fraction of sp³-hybridized carbons (Fsp3) is 0.467. The number of hydrogen-bond donors (Lipinski definition) is 2. The Morgan fingerprint density at radius 3 is 2.67 bits per heavy atom. The van der Waals surface area contributed by atoms with Gasteiger partial charge in [0.25, 0.3) is 0 Å². The molecule has 0 aliphatic carbocycles. The van der Waals surface area contributed by atoms with Crippen LogP contribution in [0.4, 0.5) is 5.69 Å². The van der Waals surface area contributed by atoms with Crippen molar-refractivity contribution >= 4 is 29.3 Å². The molecule has 1 aliphatic rings. The lowest BCUT2D eigenvalue weighted by Crippen LogP contribution is -2.50. The fourth-order valence-electron chi connectivity index (χ4n) is 2.56. The summed E-state index contributed by atoms with van der Waals surface area (Å²) in [6.45, 7) is 0.949. The third kappa shape index (κ3) is 4.47. The molecule has 1 aliphatic heterocycles. The van der Waals surface area contributed by atoms with Crippen molar-refractivity contribution < 1.29 is 9.59 Å². The number of primary amides is 1. The van der Waals surface area contributed by atoms with Crippen molar-refractivity contribution in [3.8, 4) is 0 Å². The molecule has 2 rings (SSSR count). The number of nitrogens with one attached hydrogen (secondary N) is 1. The summed E-state index contributed by atoms with van der Waals surface area (Å²) in [6, 6.07) is 7.38. The summed E-state index contributed by atoms with van der Waals surface area (Å²) >= 11 is 1.66. The molecule has 1 heterocycles. The van der Waals surface area contributed by atoms with Crippen LogP contribution in [-0.2, 0) is 9.59 Å². The van der Waals surface area contributed by atoms with E-state index in [1.807, 2.05) is 35.4 Å². The van der Waals surface area contributed by atoms with E-state index in [-0.39, 0.29) is 24.4 Å². The van der Waals surface area contributed by atoms with Crippen LogP contribution in [0.5, 0.6) is 0 Å². The summed E-state index contributed by atoms with van der Waals surface area (Å²) in [5.41, 5.74) is 6.17. The number of anilines is 1. The molecular formula is C15H21N3O2S. The van der Waals surface area contributed by atoms with Gasteiger partial charge >= 0.3 is 0 Å². The van der Waals surface area contributed by atoms with Crippen molar-refractivity contribution in [2.45, 2.75) is 30.2 Å². The van der Waals surface area contributed by atoms with Gasteiger partial charge in [-0.25, -0.2) is 0 Å². The van der Waals surface area contributed by atoms with Gasteiger partial charge in [-0.05, 0) is 49.9 Å². The summed E-state index contributed by atoms with van der Waals surface area (Å²) in [4.78, 5) is 26.5. The van der Waals surface area contributed by atoms with Crippen molar-refractivity contribution in [2.24, 2.45) is 5.73 Å². The van der Waals surface area contributed by atoms with Gasteiger partial charge in [-0.15, -0.1) is 11.8 Å². The Morgan fingerprint density at radius 1 is 1.33 bits per heavy atom. The topological polar surface area (TPSA) is 75.4 Å². The zero-order chi connectivity index (χ0) is 15.2. The first-order valence-electron chi connectivity index (χ1n) is 7.07. The van der Waals surface area contributed by atoms with Crippen LogP contribution in [0.15, 0.2) is 29.2 Å². The molecule has 1 aromatic rings. The van der Waals surface area contributed by atoms with Crippen LogP contribution in [0.3, 0.4) is 0 Å². The summed E-state index contributed by atoms with van der Waals surface area (Å²) < 4.78 is 0. The van der Waals surface area contributed by atoms with Crippen molar-refractivity contribution in [3.05, 3.63) is 24.3 Å². The number of nitrogens with zero attached hydrogens (tertiary/aromatic N) is 1. The number of nitrogens with two attached hydrogens (primary N) is 1. The lowest BCUT2D eigenvalue weighted by atomic mass is 10.0. The Bertz CT molecular complexity index is 504. The summed E-state index contributed by atoms with van der Waals surface area (Å²) in [5, 5.41) is 2.86. The van der Waals surface area contributed by atoms with Gasteiger partial charge in [0.15, 0.2) is 0 Å². The molecule has 0 spiro atoms. The van der Waals surface area contributed by atoms with E-state index in [1.54, 1.807) is 11.8 Å². The Balaban J connectivity index is 1.92. The zero-order valence-electron chi connectivity index (χ0n) is 12.2.